The Kier molecular flexibility index (Phi) is 6.26. The Morgan fingerprint density at radius 3 is 2.12 bits per heavy atom. The van der Waals surface area contributed by atoms with Crippen LogP contribution in [0, 0.1) is 0 Å². The smallest absolute Gasteiger partial charge is 0.281 e. The molecule has 1 aliphatic rings. The molecule has 0 atom stereocenters. The van der Waals surface area contributed by atoms with Gasteiger partial charge in [0.15, 0.2) is 0 Å². The Balaban J connectivity index is 2.16. The maximum atomic E-state index is 12.8. The van der Waals surface area contributed by atoms with Gasteiger partial charge in [0.25, 0.3) is 16.1 Å². The fourth-order valence-electron chi connectivity index (χ4n) is 2.67. The lowest BCUT2D eigenvalue weighted by atomic mass is 10.1. The van der Waals surface area contributed by atoms with Crippen molar-refractivity contribution in [3.63, 3.8) is 0 Å². The molecule has 1 amide bonds. The molecule has 1 aromatic carbocycles. The molecule has 0 N–H and O–H groups in total. The summed E-state index contributed by atoms with van der Waals surface area (Å²) in [6, 6.07) is 5.01. The SMILES string of the molecule is COc1cc(OC)cc(C(=O)N2CCCN(S(=O)(=O)N(C)C)CC2)c1. The number of carbonyl (C=O) groups is 1. The van der Waals surface area contributed by atoms with Gasteiger partial charge in [0.2, 0.25) is 0 Å². The van der Waals surface area contributed by atoms with Crippen LogP contribution in [0.1, 0.15) is 16.8 Å². The molecule has 140 valence electrons. The normalized spacial score (nSPS) is 16.6. The summed E-state index contributed by atoms with van der Waals surface area (Å²) < 4.78 is 37.5. The van der Waals surface area contributed by atoms with Gasteiger partial charge >= 0.3 is 0 Å². The van der Waals surface area contributed by atoms with Crippen LogP contribution in [0.5, 0.6) is 11.5 Å². The zero-order valence-electron chi connectivity index (χ0n) is 15.1. The first-order valence-electron chi connectivity index (χ1n) is 7.99. The number of rotatable bonds is 5. The topological polar surface area (TPSA) is 79.4 Å². The Bertz CT molecular complexity index is 698. The first kappa shape index (κ1) is 19.5. The second-order valence-corrected chi connectivity index (χ2v) is 8.08. The van der Waals surface area contributed by atoms with Crippen molar-refractivity contribution in [2.24, 2.45) is 0 Å². The molecule has 1 aromatic rings. The van der Waals surface area contributed by atoms with E-state index in [0.717, 1.165) is 0 Å². The van der Waals surface area contributed by atoms with Crippen molar-refractivity contribution in [1.82, 2.24) is 13.5 Å². The molecule has 0 unspecified atom stereocenters. The van der Waals surface area contributed by atoms with Crippen molar-refractivity contribution in [2.75, 3.05) is 54.5 Å². The van der Waals surface area contributed by atoms with E-state index in [-0.39, 0.29) is 12.5 Å². The lowest BCUT2D eigenvalue weighted by Gasteiger charge is -2.24. The van der Waals surface area contributed by atoms with Crippen molar-refractivity contribution < 1.29 is 22.7 Å². The van der Waals surface area contributed by atoms with Crippen LogP contribution in [0.25, 0.3) is 0 Å². The molecule has 0 spiro atoms. The first-order chi connectivity index (χ1) is 11.8. The summed E-state index contributed by atoms with van der Waals surface area (Å²) in [5, 5.41) is 0. The van der Waals surface area contributed by atoms with E-state index < -0.39 is 10.2 Å². The second kappa shape index (κ2) is 8.03. The van der Waals surface area contributed by atoms with Crippen LogP contribution in [-0.2, 0) is 10.2 Å². The Morgan fingerprint density at radius 2 is 1.60 bits per heavy atom. The minimum Gasteiger partial charge on any atom is -0.497 e. The highest BCUT2D eigenvalue weighted by atomic mass is 32.2. The quantitative estimate of drug-likeness (QED) is 0.760. The van der Waals surface area contributed by atoms with Crippen molar-refractivity contribution in [2.45, 2.75) is 6.42 Å². The molecule has 0 aromatic heterocycles. The third-order valence-electron chi connectivity index (χ3n) is 4.13. The van der Waals surface area contributed by atoms with Crippen LogP contribution in [-0.4, -0.2) is 82.3 Å². The zero-order chi connectivity index (χ0) is 18.6. The number of carbonyl (C=O) groups excluding carboxylic acids is 1. The molecule has 0 bridgehead atoms. The molecule has 0 radical (unpaired) electrons. The summed E-state index contributed by atoms with van der Waals surface area (Å²) in [4.78, 5) is 14.5. The van der Waals surface area contributed by atoms with Crippen LogP contribution in [0.4, 0.5) is 0 Å². The van der Waals surface area contributed by atoms with E-state index in [1.165, 1.54) is 36.9 Å². The highest BCUT2D eigenvalue weighted by Crippen LogP contribution is 2.24. The molecule has 1 fully saturated rings. The van der Waals surface area contributed by atoms with Crippen molar-refractivity contribution in [3.8, 4) is 11.5 Å². The third kappa shape index (κ3) is 4.42. The van der Waals surface area contributed by atoms with Crippen LogP contribution in [0.3, 0.4) is 0 Å². The zero-order valence-corrected chi connectivity index (χ0v) is 15.9. The van der Waals surface area contributed by atoms with Gasteiger partial charge in [-0.25, -0.2) is 0 Å². The number of hydrogen-bond acceptors (Lipinski definition) is 5. The van der Waals surface area contributed by atoms with Crippen LogP contribution < -0.4 is 9.47 Å². The fourth-order valence-corrected chi connectivity index (χ4v) is 3.81. The number of hydrogen-bond donors (Lipinski definition) is 0. The first-order valence-corrected chi connectivity index (χ1v) is 9.39. The van der Waals surface area contributed by atoms with Gasteiger partial charge in [0.1, 0.15) is 11.5 Å². The Morgan fingerprint density at radius 1 is 1.00 bits per heavy atom. The molecule has 1 heterocycles. The lowest BCUT2D eigenvalue weighted by molar-refractivity contribution is 0.0763. The van der Waals surface area contributed by atoms with E-state index in [9.17, 15) is 13.2 Å². The van der Waals surface area contributed by atoms with Gasteiger partial charge in [-0.1, -0.05) is 0 Å². The van der Waals surface area contributed by atoms with E-state index in [0.29, 0.717) is 43.1 Å². The highest BCUT2D eigenvalue weighted by molar-refractivity contribution is 7.86. The number of nitrogens with zero attached hydrogens (tertiary/aromatic N) is 3. The van der Waals surface area contributed by atoms with E-state index in [1.54, 1.807) is 23.1 Å². The minimum atomic E-state index is -3.47. The summed E-state index contributed by atoms with van der Waals surface area (Å²) in [6.45, 7) is 1.50. The van der Waals surface area contributed by atoms with Gasteiger partial charge in [-0.2, -0.15) is 17.0 Å². The Labute approximate surface area is 149 Å². The molecule has 8 nitrogen and oxygen atoms in total. The molecule has 0 saturated carbocycles. The van der Waals surface area contributed by atoms with Gasteiger partial charge < -0.3 is 14.4 Å². The van der Waals surface area contributed by atoms with Crippen LogP contribution in [0.15, 0.2) is 18.2 Å². The molecular weight excluding hydrogens is 346 g/mol. The van der Waals surface area contributed by atoms with Crippen LogP contribution >= 0.6 is 0 Å². The molecule has 0 aliphatic carbocycles. The lowest BCUT2D eigenvalue weighted by Crippen LogP contribution is -2.42. The Hall–Kier alpha value is -1.84. The number of methoxy groups -OCH3 is 2. The summed E-state index contributed by atoms with van der Waals surface area (Å²) in [5.41, 5.74) is 0.458. The summed E-state index contributed by atoms with van der Waals surface area (Å²) in [6.07, 6.45) is 0.583. The largest absolute Gasteiger partial charge is 0.497 e. The molecule has 2 rings (SSSR count). The summed E-state index contributed by atoms with van der Waals surface area (Å²) in [5.74, 6) is 0.907. The maximum absolute atomic E-state index is 12.8. The number of amides is 1. The summed E-state index contributed by atoms with van der Waals surface area (Å²) in [7, 11) is 2.60. The third-order valence-corrected chi connectivity index (χ3v) is 6.07. The van der Waals surface area contributed by atoms with Gasteiger partial charge in [0.05, 0.1) is 14.2 Å². The molecule has 9 heteroatoms. The van der Waals surface area contributed by atoms with Crippen molar-refractivity contribution >= 4 is 16.1 Å². The number of ether oxygens (including phenoxy) is 2. The molecule has 25 heavy (non-hydrogen) atoms. The molecule has 1 saturated heterocycles. The average molecular weight is 371 g/mol. The van der Waals surface area contributed by atoms with Gasteiger partial charge in [0, 0.05) is 51.9 Å². The number of benzene rings is 1. The van der Waals surface area contributed by atoms with Crippen molar-refractivity contribution in [1.29, 1.82) is 0 Å². The summed E-state index contributed by atoms with van der Waals surface area (Å²) >= 11 is 0. The van der Waals surface area contributed by atoms with Gasteiger partial charge in [-0.3, -0.25) is 4.79 Å². The monoisotopic (exact) mass is 371 g/mol. The predicted molar refractivity (Wildman–Crippen MR) is 94.2 cm³/mol. The van der Waals surface area contributed by atoms with Crippen LogP contribution in [0.2, 0.25) is 0 Å². The molecule has 1 aliphatic heterocycles. The molecular formula is C16H25N3O5S. The van der Waals surface area contributed by atoms with E-state index >= 15 is 0 Å². The van der Waals surface area contributed by atoms with Crippen molar-refractivity contribution in [3.05, 3.63) is 23.8 Å². The second-order valence-electron chi connectivity index (χ2n) is 5.94. The average Bonchev–Trinajstić information content (AvgIpc) is 2.86. The maximum Gasteiger partial charge on any atom is 0.281 e. The van der Waals surface area contributed by atoms with E-state index in [1.807, 2.05) is 0 Å². The van der Waals surface area contributed by atoms with Gasteiger partial charge in [-0.15, -0.1) is 0 Å². The standard InChI is InChI=1S/C16H25N3O5S/c1-17(2)25(21,22)19-7-5-6-18(8-9-19)16(20)13-10-14(23-3)12-15(11-13)24-4/h10-12H,5-9H2,1-4H3. The van der Waals surface area contributed by atoms with E-state index in [2.05, 4.69) is 0 Å². The van der Waals surface area contributed by atoms with Gasteiger partial charge in [-0.05, 0) is 18.6 Å². The highest BCUT2D eigenvalue weighted by Gasteiger charge is 2.28. The van der Waals surface area contributed by atoms with E-state index in [4.69, 9.17) is 9.47 Å². The minimum absolute atomic E-state index is 0.165. The fraction of sp³-hybridized carbons (Fsp3) is 0.562. The predicted octanol–water partition coefficient (Wildman–Crippen LogP) is 0.658.